The van der Waals surface area contributed by atoms with E-state index in [1.165, 1.54) is 13.2 Å². The van der Waals surface area contributed by atoms with E-state index in [0.29, 0.717) is 45.2 Å². The average molecular weight is 509 g/mol. The van der Waals surface area contributed by atoms with Crippen LogP contribution in [0.1, 0.15) is 11.1 Å². The molecule has 0 spiro atoms. The number of carbonyl (C=O) groups excluding carboxylic acids is 1. The normalized spacial score (nSPS) is 10.7. The van der Waals surface area contributed by atoms with Crippen LogP contribution in [0.4, 0.5) is 5.69 Å². The van der Waals surface area contributed by atoms with Crippen LogP contribution in [0.3, 0.4) is 0 Å². The molecule has 0 heterocycles. The van der Waals surface area contributed by atoms with E-state index in [2.05, 4.69) is 11.9 Å². The Hall–Kier alpha value is -3.92. The lowest BCUT2D eigenvalue weighted by Crippen LogP contribution is -2.13. The zero-order valence-electron chi connectivity index (χ0n) is 18.9. The molecule has 35 heavy (non-hydrogen) atoms. The molecule has 0 saturated carbocycles. The minimum Gasteiger partial charge on any atom is -0.493 e. The van der Waals surface area contributed by atoms with Gasteiger partial charge < -0.3 is 19.5 Å². The second kappa shape index (κ2) is 12.5. The number of nitriles is 1. The molecule has 1 amide bonds. The van der Waals surface area contributed by atoms with Crippen molar-refractivity contribution in [3.05, 3.63) is 100 Å². The largest absolute Gasteiger partial charge is 0.493 e. The summed E-state index contributed by atoms with van der Waals surface area (Å²) in [6.07, 6.45) is 3.10. The molecule has 0 fully saturated rings. The molecule has 0 aliphatic rings. The van der Waals surface area contributed by atoms with E-state index in [9.17, 15) is 10.1 Å². The van der Waals surface area contributed by atoms with Crippen LogP contribution >= 0.6 is 23.2 Å². The minimum atomic E-state index is -0.542. The van der Waals surface area contributed by atoms with Gasteiger partial charge in [-0.15, -0.1) is 0 Å². The van der Waals surface area contributed by atoms with Crippen LogP contribution < -0.4 is 19.5 Å². The summed E-state index contributed by atoms with van der Waals surface area (Å²) in [4.78, 5) is 12.6. The van der Waals surface area contributed by atoms with Crippen molar-refractivity contribution in [2.75, 3.05) is 19.0 Å². The van der Waals surface area contributed by atoms with Gasteiger partial charge in [-0.1, -0.05) is 48.0 Å². The van der Waals surface area contributed by atoms with Crippen LogP contribution in [-0.2, 0) is 11.4 Å². The Morgan fingerprint density at radius 3 is 2.49 bits per heavy atom. The van der Waals surface area contributed by atoms with Crippen LogP contribution in [0.5, 0.6) is 17.2 Å². The first-order chi connectivity index (χ1) is 16.9. The summed E-state index contributed by atoms with van der Waals surface area (Å²) in [5, 5.41) is 13.3. The molecule has 8 heteroatoms. The fourth-order valence-corrected chi connectivity index (χ4v) is 3.45. The summed E-state index contributed by atoms with van der Waals surface area (Å²) < 4.78 is 16.6. The molecule has 0 atom stereocenters. The van der Waals surface area contributed by atoms with Crippen molar-refractivity contribution in [2.45, 2.75) is 6.61 Å². The van der Waals surface area contributed by atoms with Crippen molar-refractivity contribution >= 4 is 40.9 Å². The lowest BCUT2D eigenvalue weighted by Gasteiger charge is -2.10. The predicted molar refractivity (Wildman–Crippen MR) is 138 cm³/mol. The number of amides is 1. The highest BCUT2D eigenvalue weighted by Gasteiger charge is 2.12. The third-order valence-electron chi connectivity index (χ3n) is 4.74. The molecule has 0 aromatic heterocycles. The second-order valence-electron chi connectivity index (χ2n) is 7.18. The second-order valence-corrected chi connectivity index (χ2v) is 8.03. The topological polar surface area (TPSA) is 80.6 Å². The number of ether oxygens (including phenoxy) is 3. The van der Waals surface area contributed by atoms with Crippen molar-refractivity contribution in [1.29, 1.82) is 5.26 Å². The van der Waals surface area contributed by atoms with Gasteiger partial charge in [0.05, 0.1) is 7.11 Å². The summed E-state index contributed by atoms with van der Waals surface area (Å²) in [5.41, 5.74) is 1.86. The number of nitrogens with zero attached hydrogens (tertiary/aromatic N) is 1. The van der Waals surface area contributed by atoms with Crippen molar-refractivity contribution in [3.8, 4) is 23.3 Å². The molecule has 0 unspecified atom stereocenters. The number of halogens is 2. The predicted octanol–water partition coefficient (Wildman–Crippen LogP) is 6.69. The molecule has 0 aliphatic heterocycles. The maximum atomic E-state index is 12.6. The zero-order chi connectivity index (χ0) is 25.2. The maximum Gasteiger partial charge on any atom is 0.266 e. The van der Waals surface area contributed by atoms with Gasteiger partial charge in [0.1, 0.15) is 30.6 Å². The first-order valence-electron chi connectivity index (χ1n) is 10.4. The van der Waals surface area contributed by atoms with E-state index < -0.39 is 5.91 Å². The van der Waals surface area contributed by atoms with Gasteiger partial charge in [0, 0.05) is 21.3 Å². The fraction of sp³-hybridized carbons (Fsp3) is 0.111. The SMILES string of the molecule is C=CCOc1ccc(/C=C(\C#N)C(=O)Nc2ccc(OCc3ccc(Cl)cc3Cl)cc2)cc1OC. The molecule has 0 radical (unpaired) electrons. The fourth-order valence-electron chi connectivity index (χ4n) is 2.99. The lowest BCUT2D eigenvalue weighted by atomic mass is 10.1. The van der Waals surface area contributed by atoms with Gasteiger partial charge in [0.15, 0.2) is 11.5 Å². The number of hydrogen-bond acceptors (Lipinski definition) is 5. The monoisotopic (exact) mass is 508 g/mol. The number of methoxy groups -OCH3 is 1. The molecule has 0 aliphatic carbocycles. The molecule has 0 saturated heterocycles. The minimum absolute atomic E-state index is 0.0653. The van der Waals surface area contributed by atoms with E-state index in [-0.39, 0.29) is 12.2 Å². The number of hydrogen-bond donors (Lipinski definition) is 1. The van der Waals surface area contributed by atoms with Gasteiger partial charge >= 0.3 is 0 Å². The van der Waals surface area contributed by atoms with Crippen molar-refractivity contribution < 1.29 is 19.0 Å². The molecule has 6 nitrogen and oxygen atoms in total. The van der Waals surface area contributed by atoms with Crippen molar-refractivity contribution in [2.24, 2.45) is 0 Å². The quantitative estimate of drug-likeness (QED) is 0.187. The zero-order valence-corrected chi connectivity index (χ0v) is 20.4. The Balaban J connectivity index is 1.65. The summed E-state index contributed by atoms with van der Waals surface area (Å²) in [6.45, 7) is 4.21. The first kappa shape index (κ1) is 25.7. The van der Waals surface area contributed by atoms with Crippen LogP contribution in [0.2, 0.25) is 10.0 Å². The average Bonchev–Trinajstić information content (AvgIpc) is 2.86. The third kappa shape index (κ3) is 7.28. The van der Waals surface area contributed by atoms with E-state index >= 15 is 0 Å². The van der Waals surface area contributed by atoms with Crippen molar-refractivity contribution in [3.63, 3.8) is 0 Å². The van der Waals surface area contributed by atoms with E-state index in [4.69, 9.17) is 37.4 Å². The lowest BCUT2D eigenvalue weighted by molar-refractivity contribution is -0.112. The van der Waals surface area contributed by atoms with Gasteiger partial charge in [0.2, 0.25) is 0 Å². The molecule has 178 valence electrons. The molecule has 0 bridgehead atoms. The summed E-state index contributed by atoms with van der Waals surface area (Å²) in [5.74, 6) is 1.07. The van der Waals surface area contributed by atoms with Crippen LogP contribution in [0.15, 0.2) is 78.9 Å². The Bertz CT molecular complexity index is 1280. The molecular weight excluding hydrogens is 487 g/mol. The molecule has 1 N–H and O–H groups in total. The Morgan fingerprint density at radius 2 is 1.83 bits per heavy atom. The van der Waals surface area contributed by atoms with Gasteiger partial charge in [-0.3, -0.25) is 4.79 Å². The Kier molecular flexibility index (Phi) is 9.19. The van der Waals surface area contributed by atoms with E-state index in [1.807, 2.05) is 6.07 Å². The first-order valence-corrected chi connectivity index (χ1v) is 11.2. The highest BCUT2D eigenvalue weighted by atomic mass is 35.5. The number of benzene rings is 3. The van der Waals surface area contributed by atoms with Crippen LogP contribution in [-0.4, -0.2) is 19.6 Å². The van der Waals surface area contributed by atoms with Crippen molar-refractivity contribution in [1.82, 2.24) is 0 Å². The molecule has 3 aromatic rings. The maximum absolute atomic E-state index is 12.6. The third-order valence-corrected chi connectivity index (χ3v) is 5.33. The van der Waals surface area contributed by atoms with Crippen LogP contribution in [0, 0.1) is 11.3 Å². The van der Waals surface area contributed by atoms with Gasteiger partial charge in [0.25, 0.3) is 5.91 Å². The Labute approximate surface area is 214 Å². The standard InChI is InChI=1S/C27H22Cl2N2O4/c1-3-12-34-25-11-4-18(14-26(25)33-2)13-20(16-30)27(32)31-22-7-9-23(10-8-22)35-17-19-5-6-21(28)15-24(19)29/h3-11,13-15H,1,12,17H2,2H3,(H,31,32)/b20-13+. The molecule has 3 aromatic carbocycles. The van der Waals surface area contributed by atoms with E-state index in [0.717, 1.165) is 5.56 Å². The number of rotatable bonds is 10. The summed E-state index contributed by atoms with van der Waals surface area (Å²) in [7, 11) is 1.51. The van der Waals surface area contributed by atoms with Gasteiger partial charge in [-0.25, -0.2) is 0 Å². The summed E-state index contributed by atoms with van der Waals surface area (Å²) >= 11 is 12.1. The molecule has 3 rings (SSSR count). The molecular formula is C27H22Cl2N2O4. The Morgan fingerprint density at radius 1 is 1.06 bits per heavy atom. The van der Waals surface area contributed by atoms with Gasteiger partial charge in [-0.2, -0.15) is 5.26 Å². The highest BCUT2D eigenvalue weighted by Crippen LogP contribution is 2.29. The summed E-state index contributed by atoms with van der Waals surface area (Å²) in [6, 6.07) is 19.0. The number of nitrogens with one attached hydrogen (secondary N) is 1. The number of anilines is 1. The smallest absolute Gasteiger partial charge is 0.266 e. The highest BCUT2D eigenvalue weighted by molar-refractivity contribution is 6.35. The van der Waals surface area contributed by atoms with E-state index in [1.54, 1.807) is 66.7 Å². The van der Waals surface area contributed by atoms with Crippen LogP contribution in [0.25, 0.3) is 6.08 Å². The van der Waals surface area contributed by atoms with Gasteiger partial charge in [-0.05, 0) is 60.2 Å². The number of carbonyl (C=O) groups is 1.